The average molecular weight is 393 g/mol. The second-order valence-electron chi connectivity index (χ2n) is 7.41. The molecule has 8 heteroatoms. The number of amides is 1. The Bertz CT molecular complexity index is 1080. The Hall–Kier alpha value is -3.29. The van der Waals surface area contributed by atoms with E-state index in [0.29, 0.717) is 23.7 Å². The van der Waals surface area contributed by atoms with E-state index in [9.17, 15) is 9.59 Å². The summed E-state index contributed by atoms with van der Waals surface area (Å²) in [4.78, 5) is 38.3. The van der Waals surface area contributed by atoms with Crippen LogP contribution in [0, 0.1) is 20.8 Å². The predicted molar refractivity (Wildman–Crippen MR) is 106 cm³/mol. The number of H-pyrrole nitrogens is 1. The van der Waals surface area contributed by atoms with Crippen molar-refractivity contribution in [3.8, 4) is 11.4 Å². The fourth-order valence-corrected chi connectivity index (χ4v) is 3.87. The van der Waals surface area contributed by atoms with Crippen LogP contribution in [0.2, 0.25) is 0 Å². The highest BCUT2D eigenvalue weighted by atomic mass is 16.5. The zero-order chi connectivity index (χ0) is 20.5. The Balaban J connectivity index is 1.73. The SMILES string of the molecule is Cc1cc([C@@H]2CCCCN2C(=O)c2ccc(=O)[nH]c2)nc(-c2c(C)noc2C)n1. The van der Waals surface area contributed by atoms with E-state index in [1.165, 1.54) is 12.3 Å². The minimum Gasteiger partial charge on any atom is -0.361 e. The molecule has 3 aromatic rings. The molecule has 1 fully saturated rings. The molecule has 1 aliphatic heterocycles. The molecule has 4 heterocycles. The maximum Gasteiger partial charge on any atom is 0.255 e. The number of aromatic amines is 1. The van der Waals surface area contributed by atoms with Crippen LogP contribution in [0.1, 0.15) is 58.5 Å². The van der Waals surface area contributed by atoms with Crippen LogP contribution in [0.4, 0.5) is 0 Å². The molecule has 8 nitrogen and oxygen atoms in total. The standard InChI is InChI=1S/C21H23N5O3/c1-12-10-16(24-20(23-12)19-13(2)25-29-14(19)3)17-6-4-5-9-26(17)21(28)15-7-8-18(27)22-11-15/h7-8,10-11,17H,4-6,9H2,1-3H3,(H,22,27)/t17-/m0/s1. The molecule has 1 atom stereocenters. The van der Waals surface area contributed by atoms with Gasteiger partial charge in [-0.15, -0.1) is 0 Å². The normalized spacial score (nSPS) is 16.8. The van der Waals surface area contributed by atoms with Gasteiger partial charge in [-0.05, 0) is 52.2 Å². The number of piperidine rings is 1. The number of aryl methyl sites for hydroxylation is 3. The maximum atomic E-state index is 13.1. The Morgan fingerprint density at radius 1 is 1.21 bits per heavy atom. The third-order valence-electron chi connectivity index (χ3n) is 5.27. The molecule has 0 unspecified atom stereocenters. The van der Waals surface area contributed by atoms with Crippen LogP contribution in [0.3, 0.4) is 0 Å². The van der Waals surface area contributed by atoms with Crippen LogP contribution in [0.25, 0.3) is 11.4 Å². The summed E-state index contributed by atoms with van der Waals surface area (Å²) in [6.45, 7) is 6.27. The molecule has 1 amide bonds. The lowest BCUT2D eigenvalue weighted by Gasteiger charge is -2.35. The molecule has 1 saturated heterocycles. The van der Waals surface area contributed by atoms with Gasteiger partial charge < -0.3 is 14.4 Å². The lowest BCUT2D eigenvalue weighted by Crippen LogP contribution is -2.39. The van der Waals surface area contributed by atoms with Gasteiger partial charge in [0.25, 0.3) is 5.91 Å². The molecule has 0 aromatic carbocycles. The van der Waals surface area contributed by atoms with Gasteiger partial charge in [0.1, 0.15) is 5.76 Å². The molecular formula is C21H23N5O3. The average Bonchev–Trinajstić information content (AvgIpc) is 3.05. The summed E-state index contributed by atoms with van der Waals surface area (Å²) in [6.07, 6.45) is 4.25. The van der Waals surface area contributed by atoms with Gasteiger partial charge >= 0.3 is 0 Å². The summed E-state index contributed by atoms with van der Waals surface area (Å²) in [7, 11) is 0. The first kappa shape index (κ1) is 19.0. The lowest BCUT2D eigenvalue weighted by atomic mass is 9.97. The van der Waals surface area contributed by atoms with E-state index in [1.807, 2.05) is 31.7 Å². The second-order valence-corrected chi connectivity index (χ2v) is 7.41. The maximum absolute atomic E-state index is 13.1. The van der Waals surface area contributed by atoms with E-state index in [2.05, 4.69) is 15.1 Å². The number of likely N-dealkylation sites (tertiary alicyclic amines) is 1. The van der Waals surface area contributed by atoms with Gasteiger partial charge in [-0.3, -0.25) is 9.59 Å². The first-order valence-corrected chi connectivity index (χ1v) is 9.72. The molecule has 150 valence electrons. The number of hydrogen-bond donors (Lipinski definition) is 1. The van der Waals surface area contributed by atoms with E-state index in [1.54, 1.807) is 6.07 Å². The number of aromatic nitrogens is 4. The summed E-state index contributed by atoms with van der Waals surface area (Å²) < 4.78 is 5.28. The molecular weight excluding hydrogens is 370 g/mol. The topological polar surface area (TPSA) is 105 Å². The Morgan fingerprint density at radius 2 is 2.03 bits per heavy atom. The van der Waals surface area contributed by atoms with Gasteiger partial charge in [-0.1, -0.05) is 5.16 Å². The van der Waals surface area contributed by atoms with Gasteiger partial charge in [-0.2, -0.15) is 0 Å². The summed E-state index contributed by atoms with van der Waals surface area (Å²) in [5, 5.41) is 4.01. The van der Waals surface area contributed by atoms with Crippen LogP contribution < -0.4 is 5.56 Å². The number of carbonyl (C=O) groups excluding carboxylic acids is 1. The summed E-state index contributed by atoms with van der Waals surface area (Å²) in [5.41, 5.74) is 3.41. The van der Waals surface area contributed by atoms with Crippen LogP contribution >= 0.6 is 0 Å². The van der Waals surface area contributed by atoms with Crippen molar-refractivity contribution >= 4 is 5.91 Å². The number of carbonyl (C=O) groups is 1. The van der Waals surface area contributed by atoms with E-state index in [4.69, 9.17) is 9.51 Å². The predicted octanol–water partition coefficient (Wildman–Crippen LogP) is 3.11. The second kappa shape index (κ2) is 7.62. The molecule has 0 saturated carbocycles. The summed E-state index contributed by atoms with van der Waals surface area (Å²) >= 11 is 0. The molecule has 0 bridgehead atoms. The lowest BCUT2D eigenvalue weighted by molar-refractivity contribution is 0.0605. The zero-order valence-electron chi connectivity index (χ0n) is 16.7. The minimum atomic E-state index is -0.229. The fourth-order valence-electron chi connectivity index (χ4n) is 3.87. The number of hydrogen-bond acceptors (Lipinski definition) is 6. The van der Waals surface area contributed by atoms with Crippen molar-refractivity contribution in [3.05, 3.63) is 63.2 Å². The molecule has 3 aromatic heterocycles. The monoisotopic (exact) mass is 393 g/mol. The molecule has 0 aliphatic carbocycles. The summed E-state index contributed by atoms with van der Waals surface area (Å²) in [5.74, 6) is 1.13. The third kappa shape index (κ3) is 3.70. The number of rotatable bonds is 3. The quantitative estimate of drug-likeness (QED) is 0.733. The first-order chi connectivity index (χ1) is 13.9. The number of pyridine rings is 1. The molecule has 4 rings (SSSR count). The van der Waals surface area contributed by atoms with Crippen LogP contribution in [-0.4, -0.2) is 37.5 Å². The number of nitrogens with zero attached hydrogens (tertiary/aromatic N) is 4. The van der Waals surface area contributed by atoms with Crippen molar-refractivity contribution in [1.82, 2.24) is 25.0 Å². The molecule has 1 N–H and O–H groups in total. The molecule has 0 spiro atoms. The van der Waals surface area contributed by atoms with Crippen molar-refractivity contribution in [2.75, 3.05) is 6.54 Å². The fraction of sp³-hybridized carbons (Fsp3) is 0.381. The molecule has 0 radical (unpaired) electrons. The van der Waals surface area contributed by atoms with E-state index in [0.717, 1.165) is 41.9 Å². The largest absolute Gasteiger partial charge is 0.361 e. The Labute approximate surface area is 168 Å². The third-order valence-corrected chi connectivity index (χ3v) is 5.27. The van der Waals surface area contributed by atoms with Gasteiger partial charge in [0.2, 0.25) is 5.56 Å². The molecule has 29 heavy (non-hydrogen) atoms. The van der Waals surface area contributed by atoms with Crippen LogP contribution in [-0.2, 0) is 0 Å². The van der Waals surface area contributed by atoms with Gasteiger partial charge in [0.05, 0.1) is 28.6 Å². The zero-order valence-corrected chi connectivity index (χ0v) is 16.7. The van der Waals surface area contributed by atoms with E-state index < -0.39 is 0 Å². The van der Waals surface area contributed by atoms with E-state index in [-0.39, 0.29) is 17.5 Å². The highest BCUT2D eigenvalue weighted by molar-refractivity contribution is 5.94. The van der Waals surface area contributed by atoms with Gasteiger partial charge in [0, 0.05) is 24.5 Å². The number of nitrogens with one attached hydrogen (secondary N) is 1. The summed E-state index contributed by atoms with van der Waals surface area (Å²) in [6, 6.07) is 4.72. The van der Waals surface area contributed by atoms with Crippen molar-refractivity contribution in [1.29, 1.82) is 0 Å². The van der Waals surface area contributed by atoms with Crippen LogP contribution in [0.5, 0.6) is 0 Å². The smallest absolute Gasteiger partial charge is 0.255 e. The van der Waals surface area contributed by atoms with Gasteiger partial charge in [-0.25, -0.2) is 9.97 Å². The van der Waals surface area contributed by atoms with Crippen molar-refractivity contribution in [2.45, 2.75) is 46.1 Å². The highest BCUT2D eigenvalue weighted by Gasteiger charge is 2.30. The van der Waals surface area contributed by atoms with Crippen molar-refractivity contribution in [2.24, 2.45) is 0 Å². The van der Waals surface area contributed by atoms with Crippen molar-refractivity contribution in [3.63, 3.8) is 0 Å². The van der Waals surface area contributed by atoms with Gasteiger partial charge in [0.15, 0.2) is 5.82 Å². The van der Waals surface area contributed by atoms with E-state index >= 15 is 0 Å². The van der Waals surface area contributed by atoms with Crippen molar-refractivity contribution < 1.29 is 9.32 Å². The Morgan fingerprint density at radius 3 is 2.72 bits per heavy atom. The van der Waals surface area contributed by atoms with Crippen LogP contribution in [0.15, 0.2) is 33.7 Å². The Kier molecular flexibility index (Phi) is 5.00. The first-order valence-electron chi connectivity index (χ1n) is 9.72. The minimum absolute atomic E-state index is 0.110. The molecule has 1 aliphatic rings. The highest BCUT2D eigenvalue weighted by Crippen LogP contribution is 2.33.